The number of aromatic nitrogens is 1. The summed E-state index contributed by atoms with van der Waals surface area (Å²) in [6.45, 7) is 4.24. The number of anilines is 1. The van der Waals surface area contributed by atoms with Gasteiger partial charge in [0, 0.05) is 22.2 Å². The molecule has 2 aromatic carbocycles. The molecule has 0 bridgehead atoms. The van der Waals surface area contributed by atoms with E-state index in [4.69, 9.17) is 22.9 Å². The Balaban J connectivity index is 1.92. The van der Waals surface area contributed by atoms with Crippen molar-refractivity contribution in [1.82, 2.24) is 4.98 Å². The van der Waals surface area contributed by atoms with Crippen molar-refractivity contribution in [2.45, 2.75) is 13.8 Å². The molecule has 3 N–H and O–H groups in total. The van der Waals surface area contributed by atoms with E-state index in [1.807, 2.05) is 24.3 Å². The van der Waals surface area contributed by atoms with Crippen LogP contribution < -0.4 is 11.1 Å². The second-order valence-corrected chi connectivity index (χ2v) is 6.70. The second-order valence-electron chi connectivity index (χ2n) is 5.41. The van der Waals surface area contributed by atoms with Crippen molar-refractivity contribution in [3.05, 3.63) is 59.0 Å². The smallest absolute Gasteiger partial charge is 0.168 e. The summed E-state index contributed by atoms with van der Waals surface area (Å²) in [5.41, 5.74) is 12.2. The Kier molecular flexibility index (Phi) is 4.41. The number of nitrogens with one attached hydrogen (secondary N) is 1. The van der Waals surface area contributed by atoms with Gasteiger partial charge in [0.2, 0.25) is 0 Å². The normalized spacial score (nSPS) is 10.5. The molecule has 0 unspecified atom stereocenters. The highest BCUT2D eigenvalue weighted by molar-refractivity contribution is 7.80. The number of hydrogen-bond acceptors (Lipinski definition) is 3. The van der Waals surface area contributed by atoms with Gasteiger partial charge in [-0.05, 0) is 55.4 Å². The molecule has 5 heteroatoms. The lowest BCUT2D eigenvalue weighted by Gasteiger charge is -2.05. The van der Waals surface area contributed by atoms with Crippen molar-refractivity contribution in [2.24, 2.45) is 5.73 Å². The SMILES string of the molecule is Cc1ccc(-c2csc(-c3cccc(NC(N)=S)c3)n2)cc1C. The second kappa shape index (κ2) is 6.48. The summed E-state index contributed by atoms with van der Waals surface area (Å²) in [7, 11) is 0. The van der Waals surface area contributed by atoms with Gasteiger partial charge in [0.15, 0.2) is 5.11 Å². The molecule has 3 rings (SSSR count). The molecule has 0 aliphatic carbocycles. The molecule has 0 atom stereocenters. The molecule has 0 amide bonds. The molecular weight excluding hydrogens is 322 g/mol. The topological polar surface area (TPSA) is 50.9 Å². The quantitative estimate of drug-likeness (QED) is 0.676. The van der Waals surface area contributed by atoms with Crippen molar-refractivity contribution in [2.75, 3.05) is 5.32 Å². The summed E-state index contributed by atoms with van der Waals surface area (Å²) < 4.78 is 0. The van der Waals surface area contributed by atoms with Gasteiger partial charge in [-0.3, -0.25) is 0 Å². The largest absolute Gasteiger partial charge is 0.376 e. The van der Waals surface area contributed by atoms with Crippen molar-refractivity contribution >= 4 is 34.4 Å². The average Bonchev–Trinajstić information content (AvgIpc) is 2.99. The van der Waals surface area contributed by atoms with E-state index >= 15 is 0 Å². The van der Waals surface area contributed by atoms with E-state index in [0.29, 0.717) is 0 Å². The summed E-state index contributed by atoms with van der Waals surface area (Å²) in [4.78, 5) is 4.77. The fourth-order valence-electron chi connectivity index (χ4n) is 2.31. The third kappa shape index (κ3) is 3.57. The van der Waals surface area contributed by atoms with Crippen LogP contribution in [0.3, 0.4) is 0 Å². The van der Waals surface area contributed by atoms with Gasteiger partial charge in [0.25, 0.3) is 0 Å². The first-order valence-electron chi connectivity index (χ1n) is 7.23. The number of thiazole rings is 1. The zero-order valence-electron chi connectivity index (χ0n) is 13.0. The monoisotopic (exact) mass is 339 g/mol. The van der Waals surface area contributed by atoms with Crippen molar-refractivity contribution < 1.29 is 0 Å². The van der Waals surface area contributed by atoms with Crippen LogP contribution >= 0.6 is 23.6 Å². The van der Waals surface area contributed by atoms with E-state index in [-0.39, 0.29) is 5.11 Å². The van der Waals surface area contributed by atoms with Crippen molar-refractivity contribution in [1.29, 1.82) is 0 Å². The first kappa shape index (κ1) is 15.6. The van der Waals surface area contributed by atoms with Crippen LogP contribution in [0.4, 0.5) is 5.69 Å². The minimum absolute atomic E-state index is 0.261. The van der Waals surface area contributed by atoms with Crippen LogP contribution in [-0.4, -0.2) is 10.1 Å². The molecule has 0 fully saturated rings. The van der Waals surface area contributed by atoms with E-state index in [1.165, 1.54) is 11.1 Å². The molecule has 0 radical (unpaired) electrons. The highest BCUT2D eigenvalue weighted by Crippen LogP contribution is 2.30. The van der Waals surface area contributed by atoms with E-state index in [9.17, 15) is 0 Å². The summed E-state index contributed by atoms with van der Waals surface area (Å²) in [5.74, 6) is 0. The number of hydrogen-bond donors (Lipinski definition) is 2. The van der Waals surface area contributed by atoms with E-state index < -0.39 is 0 Å². The molecule has 3 aromatic rings. The number of thiocarbonyl (C=S) groups is 1. The van der Waals surface area contributed by atoms with Crippen LogP contribution in [0, 0.1) is 13.8 Å². The Morgan fingerprint density at radius 2 is 1.91 bits per heavy atom. The third-order valence-electron chi connectivity index (χ3n) is 3.68. The number of rotatable bonds is 3. The molecular formula is C18H17N3S2. The lowest BCUT2D eigenvalue weighted by Crippen LogP contribution is -2.18. The molecule has 0 saturated carbocycles. The maximum absolute atomic E-state index is 5.53. The highest BCUT2D eigenvalue weighted by atomic mass is 32.1. The summed E-state index contributed by atoms with van der Waals surface area (Å²) in [6.07, 6.45) is 0. The van der Waals surface area contributed by atoms with Gasteiger partial charge in [-0.15, -0.1) is 11.3 Å². The first-order chi connectivity index (χ1) is 11.0. The Morgan fingerprint density at radius 1 is 1.09 bits per heavy atom. The Labute approximate surface area is 145 Å². The molecule has 0 aliphatic heterocycles. The van der Waals surface area contributed by atoms with Gasteiger partial charge in [0.05, 0.1) is 5.69 Å². The zero-order chi connectivity index (χ0) is 16.4. The van der Waals surface area contributed by atoms with Crippen LogP contribution in [0.25, 0.3) is 21.8 Å². The van der Waals surface area contributed by atoms with Crippen LogP contribution in [-0.2, 0) is 0 Å². The van der Waals surface area contributed by atoms with Crippen LogP contribution in [0.1, 0.15) is 11.1 Å². The minimum atomic E-state index is 0.261. The predicted octanol–water partition coefficient (Wildman–Crippen LogP) is 4.75. The Bertz CT molecular complexity index is 868. The number of nitrogens with two attached hydrogens (primary N) is 1. The lowest BCUT2D eigenvalue weighted by molar-refractivity contribution is 1.32. The summed E-state index contributed by atoms with van der Waals surface area (Å²) in [5, 5.41) is 6.28. The van der Waals surface area contributed by atoms with Crippen LogP contribution in [0.5, 0.6) is 0 Å². The molecule has 1 heterocycles. The molecule has 3 nitrogen and oxygen atoms in total. The van der Waals surface area contributed by atoms with Crippen molar-refractivity contribution in [3.8, 4) is 21.8 Å². The molecule has 0 aliphatic rings. The van der Waals surface area contributed by atoms with E-state index in [2.05, 4.69) is 42.7 Å². The summed E-state index contributed by atoms with van der Waals surface area (Å²) >= 11 is 6.51. The van der Waals surface area contributed by atoms with E-state index in [0.717, 1.165) is 27.5 Å². The van der Waals surface area contributed by atoms with Crippen molar-refractivity contribution in [3.63, 3.8) is 0 Å². The number of aryl methyl sites for hydroxylation is 2. The fraction of sp³-hybridized carbons (Fsp3) is 0.111. The lowest BCUT2D eigenvalue weighted by atomic mass is 10.1. The zero-order valence-corrected chi connectivity index (χ0v) is 14.6. The average molecular weight is 339 g/mol. The molecule has 0 saturated heterocycles. The molecule has 23 heavy (non-hydrogen) atoms. The fourth-order valence-corrected chi connectivity index (χ4v) is 3.26. The molecule has 116 valence electrons. The minimum Gasteiger partial charge on any atom is -0.376 e. The Hall–Kier alpha value is -2.24. The summed E-state index contributed by atoms with van der Waals surface area (Å²) in [6, 6.07) is 14.4. The van der Waals surface area contributed by atoms with Gasteiger partial charge in [-0.2, -0.15) is 0 Å². The van der Waals surface area contributed by atoms with Crippen LogP contribution in [0.15, 0.2) is 47.8 Å². The van der Waals surface area contributed by atoms with Crippen LogP contribution in [0.2, 0.25) is 0 Å². The Morgan fingerprint density at radius 3 is 2.65 bits per heavy atom. The first-order valence-corrected chi connectivity index (χ1v) is 8.52. The standard InChI is InChI=1S/C18H17N3S2/c1-11-6-7-13(8-12(11)2)16-10-23-17(21-16)14-4-3-5-15(9-14)20-18(19)22/h3-10H,1-2H3,(H3,19,20,22). The number of nitrogens with zero attached hydrogens (tertiary/aromatic N) is 1. The van der Waals surface area contributed by atoms with Gasteiger partial charge in [0.1, 0.15) is 5.01 Å². The molecule has 1 aromatic heterocycles. The number of benzene rings is 2. The van der Waals surface area contributed by atoms with Gasteiger partial charge in [-0.25, -0.2) is 4.98 Å². The maximum atomic E-state index is 5.53. The maximum Gasteiger partial charge on any atom is 0.168 e. The van der Waals surface area contributed by atoms with Gasteiger partial charge >= 0.3 is 0 Å². The third-order valence-corrected chi connectivity index (χ3v) is 4.68. The predicted molar refractivity (Wildman–Crippen MR) is 103 cm³/mol. The molecule has 0 spiro atoms. The van der Waals surface area contributed by atoms with Gasteiger partial charge < -0.3 is 11.1 Å². The van der Waals surface area contributed by atoms with E-state index in [1.54, 1.807) is 11.3 Å². The highest BCUT2D eigenvalue weighted by Gasteiger charge is 2.08. The van der Waals surface area contributed by atoms with Gasteiger partial charge in [-0.1, -0.05) is 24.3 Å².